The Kier molecular flexibility index (Phi) is 3.85. The van der Waals surface area contributed by atoms with Crippen LogP contribution in [-0.4, -0.2) is 11.9 Å². The SMILES string of the molecule is C[C@H]1CCCC[C@H]1NC(=O)c1cc2c(s1)-c1ccccc1OC2. The Morgan fingerprint density at radius 2 is 2.09 bits per heavy atom. The number of benzene rings is 1. The highest BCUT2D eigenvalue weighted by Gasteiger charge is 2.26. The maximum Gasteiger partial charge on any atom is 0.261 e. The molecule has 1 aromatic heterocycles. The molecular weight excluding hydrogens is 306 g/mol. The van der Waals surface area contributed by atoms with E-state index in [0.717, 1.165) is 28.2 Å². The second-order valence-corrected chi connectivity index (χ2v) is 7.64. The number of thiophene rings is 1. The summed E-state index contributed by atoms with van der Waals surface area (Å²) in [7, 11) is 0. The first-order valence-corrected chi connectivity index (χ1v) is 9.20. The Morgan fingerprint density at radius 1 is 1.26 bits per heavy atom. The van der Waals surface area contributed by atoms with Crippen LogP contribution in [0.15, 0.2) is 30.3 Å². The van der Waals surface area contributed by atoms with Crippen LogP contribution in [0.1, 0.15) is 47.8 Å². The van der Waals surface area contributed by atoms with E-state index in [2.05, 4.69) is 18.3 Å². The molecule has 0 radical (unpaired) electrons. The van der Waals surface area contributed by atoms with Gasteiger partial charge in [-0.3, -0.25) is 4.79 Å². The summed E-state index contributed by atoms with van der Waals surface area (Å²) >= 11 is 1.58. The molecular formula is C19H21NO2S. The average molecular weight is 327 g/mol. The van der Waals surface area contributed by atoms with Gasteiger partial charge in [0.05, 0.1) is 4.88 Å². The number of ether oxygens (including phenoxy) is 1. The van der Waals surface area contributed by atoms with Crippen LogP contribution in [-0.2, 0) is 6.61 Å². The van der Waals surface area contributed by atoms with Gasteiger partial charge < -0.3 is 10.1 Å². The number of amides is 1. The number of carbonyl (C=O) groups is 1. The number of hydrogen-bond donors (Lipinski definition) is 1. The predicted octanol–water partition coefficient (Wildman–Crippen LogP) is 4.62. The van der Waals surface area contributed by atoms with E-state index >= 15 is 0 Å². The first-order chi connectivity index (χ1) is 11.2. The summed E-state index contributed by atoms with van der Waals surface area (Å²) in [5.74, 6) is 1.56. The summed E-state index contributed by atoms with van der Waals surface area (Å²) in [6, 6.07) is 10.4. The minimum atomic E-state index is 0.0700. The Bertz CT molecular complexity index is 737. The standard InChI is InChI=1S/C19H21NO2S/c1-12-6-2-4-8-15(12)20-19(21)17-10-13-11-22-16-9-5-3-7-14(16)18(13)23-17/h3,5,7,9-10,12,15H,2,4,6,8,11H2,1H3,(H,20,21)/t12-,15+/m0/s1. The fourth-order valence-corrected chi connectivity index (χ4v) is 4.68. The van der Waals surface area contributed by atoms with E-state index in [4.69, 9.17) is 4.74 Å². The van der Waals surface area contributed by atoms with Gasteiger partial charge in [0.2, 0.25) is 0 Å². The van der Waals surface area contributed by atoms with E-state index in [9.17, 15) is 4.79 Å². The number of rotatable bonds is 2. The second-order valence-electron chi connectivity index (χ2n) is 6.59. The third-order valence-corrected chi connectivity index (χ3v) is 6.19. The average Bonchev–Trinajstić information content (AvgIpc) is 3.02. The molecule has 2 atom stereocenters. The highest BCUT2D eigenvalue weighted by atomic mass is 32.1. The van der Waals surface area contributed by atoms with Gasteiger partial charge in [0.15, 0.2) is 0 Å². The van der Waals surface area contributed by atoms with E-state index in [1.807, 2.05) is 24.3 Å². The van der Waals surface area contributed by atoms with E-state index in [1.54, 1.807) is 11.3 Å². The molecule has 2 aromatic rings. The quantitative estimate of drug-likeness (QED) is 0.874. The maximum atomic E-state index is 12.6. The number of fused-ring (bicyclic) bond motifs is 3. The molecule has 1 aromatic carbocycles. The molecule has 1 amide bonds. The van der Waals surface area contributed by atoms with Gasteiger partial charge >= 0.3 is 0 Å². The molecule has 0 bridgehead atoms. The third-order valence-electron chi connectivity index (χ3n) is 4.98. The number of hydrogen-bond acceptors (Lipinski definition) is 3. The van der Waals surface area contributed by atoms with Crippen LogP contribution in [0.5, 0.6) is 5.75 Å². The lowest BCUT2D eigenvalue weighted by Gasteiger charge is -2.29. The molecule has 4 heteroatoms. The normalized spacial score (nSPS) is 22.7. The molecule has 1 saturated carbocycles. The van der Waals surface area contributed by atoms with Crippen LogP contribution < -0.4 is 10.1 Å². The fraction of sp³-hybridized carbons (Fsp3) is 0.421. The van der Waals surface area contributed by atoms with Crippen LogP contribution >= 0.6 is 11.3 Å². The van der Waals surface area contributed by atoms with Crippen molar-refractivity contribution in [2.75, 3.05) is 0 Å². The zero-order chi connectivity index (χ0) is 15.8. The van der Waals surface area contributed by atoms with Gasteiger partial charge in [0.1, 0.15) is 12.4 Å². The molecule has 3 nitrogen and oxygen atoms in total. The molecule has 2 aliphatic rings. The van der Waals surface area contributed by atoms with Crippen molar-refractivity contribution in [3.8, 4) is 16.2 Å². The largest absolute Gasteiger partial charge is 0.488 e. The van der Waals surface area contributed by atoms with Crippen molar-refractivity contribution >= 4 is 17.2 Å². The van der Waals surface area contributed by atoms with Gasteiger partial charge in [-0.1, -0.05) is 31.9 Å². The monoisotopic (exact) mass is 327 g/mol. The third kappa shape index (κ3) is 2.76. The number of nitrogens with one attached hydrogen (secondary N) is 1. The van der Waals surface area contributed by atoms with Gasteiger partial charge in [0, 0.05) is 22.0 Å². The Labute approximate surface area is 140 Å². The van der Waals surface area contributed by atoms with Gasteiger partial charge in [0.25, 0.3) is 5.91 Å². The summed E-state index contributed by atoms with van der Waals surface area (Å²) in [5.41, 5.74) is 2.22. The molecule has 1 N–H and O–H groups in total. The van der Waals surface area contributed by atoms with Crippen molar-refractivity contribution < 1.29 is 9.53 Å². The molecule has 2 heterocycles. The van der Waals surface area contributed by atoms with Crippen molar-refractivity contribution in [3.63, 3.8) is 0 Å². The lowest BCUT2D eigenvalue weighted by atomic mass is 9.86. The number of para-hydroxylation sites is 1. The van der Waals surface area contributed by atoms with E-state index < -0.39 is 0 Å². The Hall–Kier alpha value is -1.81. The van der Waals surface area contributed by atoms with Crippen LogP contribution in [0.2, 0.25) is 0 Å². The Balaban J connectivity index is 1.57. The van der Waals surface area contributed by atoms with Crippen molar-refractivity contribution in [1.29, 1.82) is 0 Å². The Morgan fingerprint density at radius 3 is 2.96 bits per heavy atom. The second kappa shape index (κ2) is 6.00. The summed E-state index contributed by atoms with van der Waals surface area (Å²) < 4.78 is 5.78. The predicted molar refractivity (Wildman–Crippen MR) is 93.0 cm³/mol. The highest BCUT2D eigenvalue weighted by molar-refractivity contribution is 7.17. The van der Waals surface area contributed by atoms with Crippen molar-refractivity contribution in [1.82, 2.24) is 5.32 Å². The molecule has 23 heavy (non-hydrogen) atoms. The molecule has 1 aliphatic heterocycles. The summed E-state index contributed by atoms with van der Waals surface area (Å²) in [5, 5.41) is 3.25. The van der Waals surface area contributed by atoms with Gasteiger partial charge in [-0.2, -0.15) is 0 Å². The number of carbonyl (C=O) groups excluding carboxylic acids is 1. The lowest BCUT2D eigenvalue weighted by Crippen LogP contribution is -2.40. The van der Waals surface area contributed by atoms with Crippen molar-refractivity contribution in [3.05, 3.63) is 40.8 Å². The van der Waals surface area contributed by atoms with Crippen molar-refractivity contribution in [2.24, 2.45) is 5.92 Å². The molecule has 0 spiro atoms. The molecule has 0 saturated heterocycles. The smallest absolute Gasteiger partial charge is 0.261 e. The van der Waals surface area contributed by atoms with Crippen molar-refractivity contribution in [2.45, 2.75) is 45.3 Å². The zero-order valence-corrected chi connectivity index (χ0v) is 14.1. The summed E-state index contributed by atoms with van der Waals surface area (Å²) in [4.78, 5) is 14.6. The summed E-state index contributed by atoms with van der Waals surface area (Å²) in [6.45, 7) is 2.80. The topological polar surface area (TPSA) is 38.3 Å². The van der Waals surface area contributed by atoms with E-state index in [0.29, 0.717) is 18.6 Å². The molecule has 1 aliphatic carbocycles. The first-order valence-electron chi connectivity index (χ1n) is 8.38. The van der Waals surface area contributed by atoms with Crippen LogP contribution in [0.25, 0.3) is 10.4 Å². The fourth-order valence-electron chi connectivity index (χ4n) is 3.58. The van der Waals surface area contributed by atoms with E-state index in [-0.39, 0.29) is 5.91 Å². The van der Waals surface area contributed by atoms with Gasteiger partial charge in [-0.15, -0.1) is 11.3 Å². The van der Waals surface area contributed by atoms with Gasteiger partial charge in [-0.25, -0.2) is 0 Å². The minimum Gasteiger partial charge on any atom is -0.488 e. The zero-order valence-electron chi connectivity index (χ0n) is 13.3. The molecule has 120 valence electrons. The molecule has 1 fully saturated rings. The summed E-state index contributed by atoms with van der Waals surface area (Å²) in [6.07, 6.45) is 4.82. The van der Waals surface area contributed by atoms with E-state index in [1.165, 1.54) is 24.1 Å². The van der Waals surface area contributed by atoms with Crippen LogP contribution in [0.4, 0.5) is 0 Å². The minimum absolute atomic E-state index is 0.0700. The highest BCUT2D eigenvalue weighted by Crippen LogP contribution is 2.42. The lowest BCUT2D eigenvalue weighted by molar-refractivity contribution is 0.0914. The van der Waals surface area contributed by atoms with Gasteiger partial charge in [-0.05, 0) is 37.0 Å². The molecule has 4 rings (SSSR count). The molecule has 0 unspecified atom stereocenters. The maximum absolute atomic E-state index is 12.6. The van der Waals surface area contributed by atoms with Crippen LogP contribution in [0.3, 0.4) is 0 Å². The van der Waals surface area contributed by atoms with Crippen LogP contribution in [0, 0.1) is 5.92 Å². The first kappa shape index (κ1) is 14.8.